The van der Waals surface area contributed by atoms with Crippen LogP contribution in [0.15, 0.2) is 47.3 Å². The molecule has 1 saturated heterocycles. The molecule has 9 nitrogen and oxygen atoms in total. The Kier molecular flexibility index (Phi) is 7.84. The number of nitrogens with zero attached hydrogens (tertiary/aromatic N) is 5. The summed E-state index contributed by atoms with van der Waals surface area (Å²) in [6.07, 6.45) is 9.57. The van der Waals surface area contributed by atoms with Crippen LogP contribution in [0.25, 0.3) is 11.0 Å². The highest BCUT2D eigenvalue weighted by molar-refractivity contribution is 9.10. The molecule has 0 saturated carbocycles. The molecule has 2 aliphatic rings. The van der Waals surface area contributed by atoms with E-state index in [0.717, 1.165) is 74.4 Å². The number of benzene rings is 2. The Bertz CT molecular complexity index is 1570. The summed E-state index contributed by atoms with van der Waals surface area (Å²) < 4.78 is 12.9. The fourth-order valence-electron chi connectivity index (χ4n) is 6.08. The Hall–Kier alpha value is -3.66. The Labute approximate surface area is 249 Å². The summed E-state index contributed by atoms with van der Waals surface area (Å²) in [7, 11) is 1.69. The van der Waals surface area contributed by atoms with Crippen molar-refractivity contribution in [3.05, 3.63) is 52.9 Å². The maximum atomic E-state index is 6.31. The summed E-state index contributed by atoms with van der Waals surface area (Å²) in [5.41, 5.74) is 5.60. The molecule has 0 radical (unpaired) electrons. The van der Waals surface area contributed by atoms with Gasteiger partial charge < -0.3 is 25.0 Å². The van der Waals surface area contributed by atoms with Gasteiger partial charge in [-0.05, 0) is 59.2 Å². The molecule has 214 valence electrons. The molecule has 4 aromatic rings. The molecular formula is C31H36BrN7O2. The summed E-state index contributed by atoms with van der Waals surface area (Å²) >= 11 is 3.60. The second kappa shape index (κ2) is 11.7. The maximum Gasteiger partial charge on any atom is 0.229 e. The molecule has 3 atom stereocenters. The molecule has 0 bridgehead atoms. The molecule has 6 rings (SSSR count). The van der Waals surface area contributed by atoms with E-state index in [-0.39, 0.29) is 0 Å². The van der Waals surface area contributed by atoms with Gasteiger partial charge >= 0.3 is 0 Å². The third-order valence-electron chi connectivity index (χ3n) is 8.57. The van der Waals surface area contributed by atoms with Gasteiger partial charge in [-0.3, -0.25) is 9.97 Å². The first-order chi connectivity index (χ1) is 20.0. The molecule has 1 fully saturated rings. The standard InChI is InChI=1S/C31H36BrN7O2/c1-5-18(3)19-9-12-39-20(13-19)17-41-28-14-25(27(40-4)15-26(28)39)37-31-35-16-22(32)30(38-31)36-23-7-8-24-29(21(23)6-2)34-11-10-33-24/h7-8,10-11,14-16,18-20H,5-6,9,12-13,17H2,1-4H3,(H2,35,36,37,38). The summed E-state index contributed by atoms with van der Waals surface area (Å²) in [5, 5.41) is 6.82. The number of hydrogen-bond acceptors (Lipinski definition) is 9. The maximum absolute atomic E-state index is 6.31. The molecule has 0 spiro atoms. The summed E-state index contributed by atoms with van der Waals surface area (Å²) in [5.74, 6) is 4.15. The van der Waals surface area contributed by atoms with Crippen LogP contribution in [0.1, 0.15) is 45.6 Å². The number of piperidine rings is 1. The van der Waals surface area contributed by atoms with Crippen molar-refractivity contribution < 1.29 is 9.47 Å². The minimum atomic E-state index is 0.399. The van der Waals surface area contributed by atoms with Gasteiger partial charge in [0.15, 0.2) is 0 Å². The van der Waals surface area contributed by atoms with Gasteiger partial charge in [0.05, 0.1) is 40.0 Å². The quantitative estimate of drug-likeness (QED) is 0.211. The highest BCUT2D eigenvalue weighted by atomic mass is 79.9. The van der Waals surface area contributed by atoms with Crippen LogP contribution in [0.4, 0.5) is 28.8 Å². The van der Waals surface area contributed by atoms with Crippen LogP contribution in [0, 0.1) is 11.8 Å². The van der Waals surface area contributed by atoms with E-state index in [1.165, 1.54) is 19.3 Å². The lowest BCUT2D eigenvalue weighted by Crippen LogP contribution is -2.49. The zero-order valence-corrected chi connectivity index (χ0v) is 25.5. The van der Waals surface area contributed by atoms with Gasteiger partial charge in [-0.2, -0.15) is 4.98 Å². The Morgan fingerprint density at radius 2 is 1.98 bits per heavy atom. The van der Waals surface area contributed by atoms with Crippen molar-refractivity contribution in [2.45, 2.75) is 52.5 Å². The lowest BCUT2D eigenvalue weighted by molar-refractivity contribution is 0.183. The number of ether oxygens (including phenoxy) is 2. The van der Waals surface area contributed by atoms with Crippen LogP contribution in [0.2, 0.25) is 0 Å². The summed E-state index contributed by atoms with van der Waals surface area (Å²) in [4.78, 5) is 20.8. The normalized spacial score (nSPS) is 18.7. The highest BCUT2D eigenvalue weighted by Crippen LogP contribution is 2.45. The molecule has 2 N–H and O–H groups in total. The van der Waals surface area contributed by atoms with Gasteiger partial charge in [-0.15, -0.1) is 0 Å². The number of anilines is 5. The molecule has 0 aliphatic carbocycles. The zero-order valence-electron chi connectivity index (χ0n) is 23.9. The van der Waals surface area contributed by atoms with Crippen molar-refractivity contribution in [2.24, 2.45) is 11.8 Å². The first-order valence-electron chi connectivity index (χ1n) is 14.4. The van der Waals surface area contributed by atoms with Crippen molar-refractivity contribution in [3.63, 3.8) is 0 Å². The number of aromatic nitrogens is 4. The number of aryl methyl sites for hydroxylation is 1. The zero-order chi connectivity index (χ0) is 28.5. The average Bonchev–Trinajstić information content (AvgIpc) is 3.01. The van der Waals surface area contributed by atoms with Crippen molar-refractivity contribution >= 4 is 55.8 Å². The van der Waals surface area contributed by atoms with E-state index in [1.54, 1.807) is 25.7 Å². The third kappa shape index (κ3) is 5.37. The third-order valence-corrected chi connectivity index (χ3v) is 9.15. The van der Waals surface area contributed by atoms with Gasteiger partial charge in [0, 0.05) is 48.5 Å². The smallest absolute Gasteiger partial charge is 0.229 e. The Morgan fingerprint density at radius 3 is 2.78 bits per heavy atom. The average molecular weight is 619 g/mol. The van der Waals surface area contributed by atoms with Gasteiger partial charge in [-0.1, -0.05) is 27.2 Å². The van der Waals surface area contributed by atoms with Gasteiger partial charge in [0.1, 0.15) is 23.9 Å². The Balaban J connectivity index is 1.25. The molecule has 2 aromatic carbocycles. The van der Waals surface area contributed by atoms with Crippen LogP contribution in [0.3, 0.4) is 0 Å². The SMILES string of the molecule is CCc1c(Nc2nc(Nc3cc4c(cc3OC)N3CCC(C(C)CC)CC3CO4)ncc2Br)ccc2nccnc12. The van der Waals surface area contributed by atoms with E-state index in [4.69, 9.17) is 14.5 Å². The van der Waals surface area contributed by atoms with Crippen LogP contribution in [-0.4, -0.2) is 46.2 Å². The van der Waals surface area contributed by atoms with E-state index < -0.39 is 0 Å². The van der Waals surface area contributed by atoms with Gasteiger partial charge in [0.25, 0.3) is 0 Å². The fourth-order valence-corrected chi connectivity index (χ4v) is 6.37. The van der Waals surface area contributed by atoms with E-state index in [9.17, 15) is 0 Å². The second-order valence-corrected chi connectivity index (χ2v) is 11.7. The molecule has 4 heterocycles. The minimum absolute atomic E-state index is 0.399. The van der Waals surface area contributed by atoms with Crippen molar-refractivity contribution in [1.82, 2.24) is 19.9 Å². The number of hydrogen-bond donors (Lipinski definition) is 2. The van der Waals surface area contributed by atoms with Gasteiger partial charge in [0.2, 0.25) is 5.95 Å². The number of rotatable bonds is 8. The minimum Gasteiger partial charge on any atom is -0.494 e. The second-order valence-electron chi connectivity index (χ2n) is 10.9. The van der Waals surface area contributed by atoms with Crippen LogP contribution in [-0.2, 0) is 6.42 Å². The van der Waals surface area contributed by atoms with Crippen molar-refractivity contribution in [2.75, 3.05) is 35.8 Å². The molecule has 10 heteroatoms. The number of nitrogens with one attached hydrogen (secondary N) is 2. The van der Waals surface area contributed by atoms with Crippen molar-refractivity contribution in [3.8, 4) is 11.5 Å². The number of methoxy groups -OCH3 is 1. The first-order valence-corrected chi connectivity index (χ1v) is 15.2. The largest absolute Gasteiger partial charge is 0.494 e. The highest BCUT2D eigenvalue weighted by Gasteiger charge is 2.36. The van der Waals surface area contributed by atoms with Crippen molar-refractivity contribution in [1.29, 1.82) is 0 Å². The monoisotopic (exact) mass is 617 g/mol. The van der Waals surface area contributed by atoms with Crippen LogP contribution >= 0.6 is 15.9 Å². The predicted molar refractivity (Wildman–Crippen MR) is 167 cm³/mol. The fraction of sp³-hybridized carbons (Fsp3) is 0.419. The first kappa shape index (κ1) is 27.5. The van der Waals surface area contributed by atoms with E-state index in [2.05, 4.69) is 73.3 Å². The van der Waals surface area contributed by atoms with E-state index >= 15 is 0 Å². The molecular weight excluding hydrogens is 582 g/mol. The molecule has 2 aliphatic heterocycles. The lowest BCUT2D eigenvalue weighted by Gasteiger charge is -2.45. The molecule has 41 heavy (non-hydrogen) atoms. The van der Waals surface area contributed by atoms with Crippen LogP contribution in [0.5, 0.6) is 11.5 Å². The Morgan fingerprint density at radius 1 is 1.12 bits per heavy atom. The number of halogens is 1. The van der Waals surface area contributed by atoms with Gasteiger partial charge in [-0.25, -0.2) is 4.98 Å². The summed E-state index contributed by atoms with van der Waals surface area (Å²) in [6.45, 7) is 8.51. The molecule has 0 amide bonds. The predicted octanol–water partition coefficient (Wildman–Crippen LogP) is 7.26. The number of fused-ring (bicyclic) bond motifs is 4. The van der Waals surface area contributed by atoms with E-state index in [0.29, 0.717) is 24.4 Å². The van der Waals surface area contributed by atoms with E-state index in [1.807, 2.05) is 18.2 Å². The molecule has 3 unspecified atom stereocenters. The summed E-state index contributed by atoms with van der Waals surface area (Å²) in [6, 6.07) is 8.46. The van der Waals surface area contributed by atoms with Crippen LogP contribution < -0.4 is 25.0 Å². The molecule has 2 aromatic heterocycles. The lowest BCUT2D eigenvalue weighted by atomic mass is 9.80. The topological polar surface area (TPSA) is 97.3 Å².